The average molecular weight is 317 g/mol. The van der Waals surface area contributed by atoms with E-state index in [0.717, 1.165) is 24.9 Å². The van der Waals surface area contributed by atoms with Crippen LogP contribution in [0.4, 0.5) is 5.69 Å². The van der Waals surface area contributed by atoms with Crippen LogP contribution >= 0.6 is 0 Å². The number of anilines is 1. The Morgan fingerprint density at radius 3 is 2.57 bits per heavy atom. The van der Waals surface area contributed by atoms with E-state index in [4.69, 9.17) is 14.2 Å². The predicted octanol–water partition coefficient (Wildman–Crippen LogP) is 1.57. The number of esters is 2. The molecule has 1 aliphatic heterocycles. The van der Waals surface area contributed by atoms with E-state index >= 15 is 0 Å². The summed E-state index contributed by atoms with van der Waals surface area (Å²) >= 11 is 0. The number of ether oxygens (including phenoxy) is 3. The minimum atomic E-state index is -0.587. The maximum absolute atomic E-state index is 12.2. The molecule has 1 aliphatic carbocycles. The number of aryl methyl sites for hydroxylation is 2. The van der Waals surface area contributed by atoms with Crippen LogP contribution in [0, 0.1) is 0 Å². The summed E-state index contributed by atoms with van der Waals surface area (Å²) in [5.41, 5.74) is 3.78. The third-order valence-electron chi connectivity index (χ3n) is 4.23. The van der Waals surface area contributed by atoms with Crippen molar-refractivity contribution in [3.8, 4) is 0 Å². The highest BCUT2D eigenvalue weighted by molar-refractivity contribution is 6.03. The summed E-state index contributed by atoms with van der Waals surface area (Å²) in [5, 5.41) is 0. The molecule has 6 heteroatoms. The van der Waals surface area contributed by atoms with E-state index in [0.29, 0.717) is 0 Å². The lowest BCUT2D eigenvalue weighted by molar-refractivity contribution is -0.140. The monoisotopic (exact) mass is 317 g/mol. The molecule has 0 bridgehead atoms. The van der Waals surface area contributed by atoms with Crippen molar-refractivity contribution in [3.05, 3.63) is 40.6 Å². The van der Waals surface area contributed by atoms with Crippen LogP contribution < -0.4 is 4.90 Å². The summed E-state index contributed by atoms with van der Waals surface area (Å²) in [6, 6.07) is 6.06. The minimum Gasteiger partial charge on any atom is -0.466 e. The van der Waals surface area contributed by atoms with Crippen LogP contribution in [0.25, 0.3) is 0 Å². The van der Waals surface area contributed by atoms with Crippen molar-refractivity contribution in [2.45, 2.75) is 19.3 Å². The van der Waals surface area contributed by atoms with Gasteiger partial charge in [-0.1, -0.05) is 6.07 Å². The van der Waals surface area contributed by atoms with Gasteiger partial charge in [0.15, 0.2) is 0 Å². The molecule has 6 nitrogen and oxygen atoms in total. The number of methoxy groups -OCH3 is 2. The topological polar surface area (TPSA) is 65.1 Å². The van der Waals surface area contributed by atoms with Crippen molar-refractivity contribution < 1.29 is 23.8 Å². The number of carbonyl (C=O) groups is 2. The second-order valence-corrected chi connectivity index (χ2v) is 5.52. The zero-order valence-corrected chi connectivity index (χ0v) is 13.3. The van der Waals surface area contributed by atoms with Crippen LogP contribution in [0.5, 0.6) is 0 Å². The van der Waals surface area contributed by atoms with Crippen LogP contribution in [-0.2, 0) is 36.6 Å². The van der Waals surface area contributed by atoms with Crippen molar-refractivity contribution in [1.82, 2.24) is 0 Å². The molecule has 0 unspecified atom stereocenters. The first kappa shape index (κ1) is 15.6. The zero-order chi connectivity index (χ0) is 16.4. The van der Waals surface area contributed by atoms with E-state index in [1.54, 1.807) is 4.90 Å². The lowest BCUT2D eigenvalue weighted by atomic mass is 10.1. The molecule has 0 radical (unpaired) electrons. The number of nitrogens with zero attached hydrogens (tertiary/aromatic N) is 1. The van der Waals surface area contributed by atoms with Gasteiger partial charge in [-0.2, -0.15) is 0 Å². The Labute approximate surface area is 134 Å². The molecule has 1 heterocycles. The number of hydrogen-bond donors (Lipinski definition) is 0. The van der Waals surface area contributed by atoms with Crippen molar-refractivity contribution in [2.24, 2.45) is 0 Å². The number of hydrogen-bond acceptors (Lipinski definition) is 6. The maximum atomic E-state index is 12.2. The average Bonchev–Trinajstić information content (AvgIpc) is 3.07. The van der Waals surface area contributed by atoms with Crippen molar-refractivity contribution >= 4 is 17.6 Å². The Morgan fingerprint density at radius 1 is 1.09 bits per heavy atom. The van der Waals surface area contributed by atoms with E-state index in [2.05, 4.69) is 12.1 Å². The smallest absolute Gasteiger partial charge is 0.355 e. The summed E-state index contributed by atoms with van der Waals surface area (Å²) in [4.78, 5) is 25.9. The Morgan fingerprint density at radius 2 is 1.83 bits per heavy atom. The first-order valence-corrected chi connectivity index (χ1v) is 7.52. The van der Waals surface area contributed by atoms with E-state index < -0.39 is 11.9 Å². The lowest BCUT2D eigenvalue weighted by Crippen LogP contribution is -2.38. The molecular formula is C17H19NO5. The Balaban J connectivity index is 2.05. The standard InChI is InChI=1S/C17H19NO5/c1-21-16(19)14-9-23-10-18(15(14)17(20)22-2)13-7-6-11-4-3-5-12(11)8-13/h6-8H,3-5,9-10H2,1-2H3. The van der Waals surface area contributed by atoms with Crippen molar-refractivity contribution in [2.75, 3.05) is 32.5 Å². The van der Waals surface area contributed by atoms with Crippen LogP contribution in [0.3, 0.4) is 0 Å². The van der Waals surface area contributed by atoms with Gasteiger partial charge in [0.05, 0.1) is 26.4 Å². The summed E-state index contributed by atoms with van der Waals surface area (Å²) < 4.78 is 15.1. The fraction of sp³-hybridized carbons (Fsp3) is 0.412. The molecule has 2 aliphatic rings. The largest absolute Gasteiger partial charge is 0.466 e. The molecule has 122 valence electrons. The Kier molecular flexibility index (Phi) is 4.34. The highest BCUT2D eigenvalue weighted by Crippen LogP contribution is 2.31. The fourth-order valence-electron chi connectivity index (χ4n) is 3.07. The molecule has 0 aromatic heterocycles. The van der Waals surface area contributed by atoms with E-state index in [9.17, 15) is 9.59 Å². The molecule has 0 fully saturated rings. The quantitative estimate of drug-likeness (QED) is 0.789. The predicted molar refractivity (Wildman–Crippen MR) is 82.8 cm³/mol. The van der Waals surface area contributed by atoms with Crippen molar-refractivity contribution in [3.63, 3.8) is 0 Å². The summed E-state index contributed by atoms with van der Waals surface area (Å²) in [6.45, 7) is 0.211. The minimum absolute atomic E-state index is 0.0263. The van der Waals surface area contributed by atoms with Gasteiger partial charge >= 0.3 is 11.9 Å². The second kappa shape index (κ2) is 6.42. The first-order valence-electron chi connectivity index (χ1n) is 7.52. The van der Waals surface area contributed by atoms with Gasteiger partial charge in [-0.3, -0.25) is 0 Å². The molecule has 1 aromatic rings. The Bertz CT molecular complexity index is 680. The molecule has 0 saturated carbocycles. The van der Waals surface area contributed by atoms with Gasteiger partial charge in [-0.15, -0.1) is 0 Å². The molecule has 1 aromatic carbocycles. The summed E-state index contributed by atoms with van der Waals surface area (Å²) in [7, 11) is 2.57. The second-order valence-electron chi connectivity index (χ2n) is 5.52. The van der Waals surface area contributed by atoms with Gasteiger partial charge in [-0.05, 0) is 42.5 Å². The van der Waals surface area contributed by atoms with E-state index in [1.165, 1.54) is 25.3 Å². The van der Waals surface area contributed by atoms with Crippen LogP contribution in [-0.4, -0.2) is 39.5 Å². The van der Waals surface area contributed by atoms with Crippen molar-refractivity contribution in [1.29, 1.82) is 0 Å². The molecular weight excluding hydrogens is 298 g/mol. The summed E-state index contributed by atoms with van der Waals surface area (Å²) in [6.07, 6.45) is 3.25. The van der Waals surface area contributed by atoms with Crippen LogP contribution in [0.15, 0.2) is 29.5 Å². The number of carbonyl (C=O) groups excluding carboxylic acids is 2. The highest BCUT2D eigenvalue weighted by atomic mass is 16.5. The Hall–Kier alpha value is -2.34. The number of fused-ring (bicyclic) bond motifs is 1. The molecule has 0 atom stereocenters. The van der Waals surface area contributed by atoms with Gasteiger partial charge in [-0.25, -0.2) is 9.59 Å². The van der Waals surface area contributed by atoms with Gasteiger partial charge < -0.3 is 19.1 Å². The first-order chi connectivity index (χ1) is 11.2. The normalized spacial score (nSPS) is 17.0. The molecule has 0 saturated heterocycles. The third-order valence-corrected chi connectivity index (χ3v) is 4.23. The van der Waals surface area contributed by atoms with Crippen LogP contribution in [0.2, 0.25) is 0 Å². The molecule has 0 amide bonds. The fourth-order valence-corrected chi connectivity index (χ4v) is 3.07. The van der Waals surface area contributed by atoms with E-state index in [-0.39, 0.29) is 24.6 Å². The molecule has 23 heavy (non-hydrogen) atoms. The summed E-state index contributed by atoms with van der Waals surface area (Å²) in [5.74, 6) is -1.16. The van der Waals surface area contributed by atoms with Gasteiger partial charge in [0, 0.05) is 5.69 Å². The van der Waals surface area contributed by atoms with E-state index in [1.807, 2.05) is 6.07 Å². The maximum Gasteiger partial charge on any atom is 0.355 e. The zero-order valence-electron chi connectivity index (χ0n) is 13.3. The van der Waals surface area contributed by atoms with Gasteiger partial charge in [0.25, 0.3) is 0 Å². The third kappa shape index (κ3) is 2.82. The SMILES string of the molecule is COC(=O)C1=C(C(=O)OC)N(c2ccc3c(c2)CCC3)COC1. The molecule has 3 rings (SSSR count). The van der Waals surface area contributed by atoms with Gasteiger partial charge in [0.2, 0.25) is 0 Å². The lowest BCUT2D eigenvalue weighted by Gasteiger charge is -2.31. The number of rotatable bonds is 3. The van der Waals surface area contributed by atoms with Gasteiger partial charge in [0.1, 0.15) is 12.4 Å². The van der Waals surface area contributed by atoms with Crippen LogP contribution in [0.1, 0.15) is 17.5 Å². The molecule has 0 spiro atoms. The molecule has 0 N–H and O–H groups in total. The highest BCUT2D eigenvalue weighted by Gasteiger charge is 2.32. The number of benzene rings is 1.